The third-order valence-corrected chi connectivity index (χ3v) is 8.93. The molecule has 0 aromatic heterocycles. The molecule has 2 amide bonds. The van der Waals surface area contributed by atoms with E-state index in [2.05, 4.69) is 28.0 Å². The van der Waals surface area contributed by atoms with Gasteiger partial charge in [-0.25, -0.2) is 5.43 Å². The van der Waals surface area contributed by atoms with E-state index >= 15 is 0 Å². The highest BCUT2D eigenvalue weighted by atomic mass is 16.5. The maximum Gasteiger partial charge on any atom is 0.271 e. The number of nitrogens with one attached hydrogen (secondary N) is 2. The third kappa shape index (κ3) is 6.12. The van der Waals surface area contributed by atoms with Gasteiger partial charge in [-0.05, 0) is 128 Å². The van der Waals surface area contributed by atoms with Crippen LogP contribution in [0.5, 0.6) is 17.2 Å². The van der Waals surface area contributed by atoms with Crippen LogP contribution in [0.1, 0.15) is 66.9 Å². The van der Waals surface area contributed by atoms with Crippen LogP contribution in [0.3, 0.4) is 0 Å². The summed E-state index contributed by atoms with van der Waals surface area (Å²) in [5, 5.41) is 16.5. The second-order valence-electron chi connectivity index (χ2n) is 12.0. The second-order valence-corrected chi connectivity index (χ2v) is 12.0. The molecule has 0 spiro atoms. The topological polar surface area (TPSA) is 109 Å². The van der Waals surface area contributed by atoms with Crippen LogP contribution in [0.15, 0.2) is 71.8 Å². The highest BCUT2D eigenvalue weighted by Gasteiger charge is 2.51. The summed E-state index contributed by atoms with van der Waals surface area (Å²) in [4.78, 5) is 24.9. The van der Waals surface area contributed by atoms with Crippen molar-refractivity contribution in [1.29, 1.82) is 0 Å². The van der Waals surface area contributed by atoms with E-state index in [0.29, 0.717) is 34.6 Å². The largest absolute Gasteiger partial charge is 0.508 e. The molecule has 7 rings (SSSR count). The lowest BCUT2D eigenvalue weighted by Gasteiger charge is -2.57. The molecule has 4 saturated carbocycles. The smallest absolute Gasteiger partial charge is 0.271 e. The Balaban J connectivity index is 1.03. The number of hydrogen-bond donors (Lipinski definition) is 3. The number of hydrazone groups is 1. The van der Waals surface area contributed by atoms with Gasteiger partial charge in [0.05, 0.1) is 12.8 Å². The number of benzene rings is 3. The number of carbonyl (C=O) groups excluding carboxylic acids is 2. The van der Waals surface area contributed by atoms with Crippen LogP contribution >= 0.6 is 0 Å². The van der Waals surface area contributed by atoms with Crippen LogP contribution in [0.4, 0.5) is 5.69 Å². The molecule has 3 aromatic carbocycles. The summed E-state index contributed by atoms with van der Waals surface area (Å²) in [5.74, 6) is 2.90. The summed E-state index contributed by atoms with van der Waals surface area (Å²) in [7, 11) is 0. The number of hydrogen-bond acceptors (Lipinski definition) is 6. The van der Waals surface area contributed by atoms with Gasteiger partial charge in [-0.15, -0.1) is 0 Å². The average Bonchev–Trinajstić information content (AvgIpc) is 2.96. The van der Waals surface area contributed by atoms with Gasteiger partial charge in [0.15, 0.2) is 18.1 Å². The highest BCUT2D eigenvalue weighted by molar-refractivity contribution is 5.95. The average molecular weight is 568 g/mol. The van der Waals surface area contributed by atoms with Crippen molar-refractivity contribution >= 4 is 23.7 Å². The van der Waals surface area contributed by atoms with Crippen LogP contribution in [0.25, 0.3) is 0 Å². The van der Waals surface area contributed by atoms with E-state index in [4.69, 9.17) is 9.47 Å². The van der Waals surface area contributed by atoms with Crippen molar-refractivity contribution in [3.63, 3.8) is 0 Å². The molecule has 8 heteroatoms. The van der Waals surface area contributed by atoms with Gasteiger partial charge < -0.3 is 19.9 Å². The van der Waals surface area contributed by atoms with Gasteiger partial charge >= 0.3 is 0 Å². The molecule has 0 unspecified atom stereocenters. The van der Waals surface area contributed by atoms with Crippen LogP contribution in [0.2, 0.25) is 0 Å². The lowest BCUT2D eigenvalue weighted by molar-refractivity contribution is -0.118. The predicted molar refractivity (Wildman–Crippen MR) is 161 cm³/mol. The van der Waals surface area contributed by atoms with E-state index in [1.54, 1.807) is 30.3 Å². The van der Waals surface area contributed by atoms with Gasteiger partial charge in [-0.3, -0.25) is 9.59 Å². The fourth-order valence-electron chi connectivity index (χ4n) is 7.58. The lowest BCUT2D eigenvalue weighted by Crippen LogP contribution is -2.48. The van der Waals surface area contributed by atoms with Crippen molar-refractivity contribution in [3.8, 4) is 17.2 Å². The van der Waals surface area contributed by atoms with Crippen molar-refractivity contribution in [3.05, 3.63) is 83.4 Å². The molecule has 4 aliphatic rings. The number of rotatable bonds is 10. The van der Waals surface area contributed by atoms with Crippen molar-refractivity contribution in [1.82, 2.24) is 5.43 Å². The van der Waals surface area contributed by atoms with Gasteiger partial charge in [-0.2, -0.15) is 5.10 Å². The standard InChI is InChI=1S/C34H37N3O5/c1-2-41-31-15-22(20-35-37-33(40)26-4-3-5-29(38)16-26)6-11-30(31)42-21-32(39)36-28-9-7-27(8-10-28)34-17-23-12-24(18-34)14-25(13-23)19-34/h3-11,15-16,20,23-25,38H,2,12-14,17-19,21H2,1H3,(H,36,39)(H,37,40)/b35-20+. The summed E-state index contributed by atoms with van der Waals surface area (Å²) >= 11 is 0. The molecule has 4 bridgehead atoms. The van der Waals surface area contributed by atoms with Crippen LogP contribution in [-0.2, 0) is 10.2 Å². The minimum absolute atomic E-state index is 0.00243. The van der Waals surface area contributed by atoms with Crippen molar-refractivity contribution in [2.45, 2.75) is 50.9 Å². The predicted octanol–water partition coefficient (Wildman–Crippen LogP) is 6.04. The van der Waals surface area contributed by atoms with Crippen LogP contribution in [-0.4, -0.2) is 36.3 Å². The minimum atomic E-state index is -0.444. The van der Waals surface area contributed by atoms with Crippen molar-refractivity contribution in [2.75, 3.05) is 18.5 Å². The fraction of sp³-hybridized carbons (Fsp3) is 0.382. The molecular formula is C34H37N3O5. The normalized spacial score (nSPS) is 24.0. The van der Waals surface area contributed by atoms with E-state index < -0.39 is 5.91 Å². The molecule has 0 atom stereocenters. The van der Waals surface area contributed by atoms with E-state index in [1.807, 2.05) is 19.1 Å². The number of aromatic hydroxyl groups is 1. The molecule has 3 N–H and O–H groups in total. The summed E-state index contributed by atoms with van der Waals surface area (Å²) in [6, 6.07) is 19.7. The van der Waals surface area contributed by atoms with Crippen molar-refractivity contribution in [2.24, 2.45) is 22.9 Å². The number of carbonyl (C=O) groups is 2. The Kier molecular flexibility index (Phi) is 7.87. The number of phenols is 1. The fourth-order valence-corrected chi connectivity index (χ4v) is 7.58. The zero-order valence-electron chi connectivity index (χ0n) is 23.8. The number of ether oxygens (including phenoxy) is 2. The van der Waals surface area contributed by atoms with Gasteiger partial charge in [0.1, 0.15) is 5.75 Å². The molecule has 0 aliphatic heterocycles. The van der Waals surface area contributed by atoms with Gasteiger partial charge in [0.25, 0.3) is 11.8 Å². The zero-order chi connectivity index (χ0) is 29.1. The van der Waals surface area contributed by atoms with Crippen molar-refractivity contribution < 1.29 is 24.2 Å². The first-order valence-corrected chi connectivity index (χ1v) is 14.8. The molecule has 42 heavy (non-hydrogen) atoms. The summed E-state index contributed by atoms with van der Waals surface area (Å²) in [5.41, 5.74) is 5.93. The Hall–Kier alpha value is -4.33. The Morgan fingerprint density at radius 2 is 1.64 bits per heavy atom. The Morgan fingerprint density at radius 3 is 2.31 bits per heavy atom. The summed E-state index contributed by atoms with van der Waals surface area (Å²) in [6.07, 6.45) is 9.71. The molecule has 8 nitrogen and oxygen atoms in total. The quantitative estimate of drug-likeness (QED) is 0.204. The maximum absolute atomic E-state index is 12.7. The number of amides is 2. The second kappa shape index (κ2) is 11.9. The SMILES string of the molecule is CCOc1cc(/C=N/NC(=O)c2cccc(O)c2)ccc1OCC(=O)Nc1ccc(C23CC4CC(CC(C4)C2)C3)cc1. The van der Waals surface area contributed by atoms with E-state index in [1.165, 1.54) is 62.4 Å². The Morgan fingerprint density at radius 1 is 0.929 bits per heavy atom. The molecule has 4 fully saturated rings. The first-order chi connectivity index (χ1) is 20.4. The van der Waals surface area contributed by atoms with Crippen LogP contribution < -0.4 is 20.2 Å². The molecule has 218 valence electrons. The zero-order valence-corrected chi connectivity index (χ0v) is 23.8. The van der Waals surface area contributed by atoms with Gasteiger partial charge in [-0.1, -0.05) is 18.2 Å². The molecule has 3 aromatic rings. The molecule has 0 radical (unpaired) electrons. The number of anilines is 1. The molecule has 4 aliphatic carbocycles. The Labute approximate surface area is 246 Å². The van der Waals surface area contributed by atoms with E-state index in [0.717, 1.165) is 23.4 Å². The number of phenolic OH excluding ortho intramolecular Hbond substituents is 1. The summed E-state index contributed by atoms with van der Waals surface area (Å²) < 4.78 is 11.5. The van der Waals surface area contributed by atoms with Gasteiger partial charge in [0, 0.05) is 11.3 Å². The first-order valence-electron chi connectivity index (χ1n) is 14.8. The maximum atomic E-state index is 12.7. The molecular weight excluding hydrogens is 530 g/mol. The van der Waals surface area contributed by atoms with E-state index in [-0.39, 0.29) is 18.3 Å². The van der Waals surface area contributed by atoms with E-state index in [9.17, 15) is 14.7 Å². The minimum Gasteiger partial charge on any atom is -0.508 e. The summed E-state index contributed by atoms with van der Waals surface area (Å²) in [6.45, 7) is 2.11. The molecule has 0 saturated heterocycles. The van der Waals surface area contributed by atoms with Gasteiger partial charge in [0.2, 0.25) is 0 Å². The molecule has 0 heterocycles. The van der Waals surface area contributed by atoms with Crippen LogP contribution in [0, 0.1) is 17.8 Å². The first kappa shape index (κ1) is 27.8. The number of nitrogens with zero attached hydrogens (tertiary/aromatic N) is 1. The lowest BCUT2D eigenvalue weighted by atomic mass is 9.48. The Bertz CT molecular complexity index is 1450. The highest BCUT2D eigenvalue weighted by Crippen LogP contribution is 2.60. The monoisotopic (exact) mass is 567 g/mol. The third-order valence-electron chi connectivity index (χ3n) is 8.93.